The van der Waals surface area contributed by atoms with Crippen molar-refractivity contribution in [3.63, 3.8) is 0 Å². The van der Waals surface area contributed by atoms with Crippen LogP contribution in [0.2, 0.25) is 5.02 Å². The summed E-state index contributed by atoms with van der Waals surface area (Å²) in [4.78, 5) is 24.9. The van der Waals surface area contributed by atoms with E-state index in [1.807, 2.05) is 0 Å². The molecular formula is C16H16ClNO4. The Morgan fingerprint density at radius 2 is 2.00 bits per heavy atom. The molecular weight excluding hydrogens is 306 g/mol. The highest BCUT2D eigenvalue weighted by molar-refractivity contribution is 6.31. The summed E-state index contributed by atoms with van der Waals surface area (Å²) in [6.45, 7) is 1.13. The lowest BCUT2D eigenvalue weighted by molar-refractivity contribution is -0.138. The van der Waals surface area contributed by atoms with E-state index in [1.165, 1.54) is 0 Å². The highest BCUT2D eigenvalue weighted by atomic mass is 35.5. The molecule has 3 rings (SSSR count). The van der Waals surface area contributed by atoms with Crippen LogP contribution in [0.1, 0.15) is 29.8 Å². The summed E-state index contributed by atoms with van der Waals surface area (Å²) in [5.41, 5.74) is 0.633. The number of carbonyl (C=O) groups is 2. The van der Waals surface area contributed by atoms with Crippen LogP contribution in [-0.2, 0) is 4.79 Å². The largest absolute Gasteiger partial charge is 0.481 e. The Morgan fingerprint density at radius 1 is 1.27 bits per heavy atom. The summed E-state index contributed by atoms with van der Waals surface area (Å²) >= 11 is 5.93. The predicted molar refractivity (Wildman–Crippen MR) is 82.1 cm³/mol. The summed E-state index contributed by atoms with van der Waals surface area (Å²) in [6.07, 6.45) is 1.60. The van der Waals surface area contributed by atoms with Gasteiger partial charge in [-0.1, -0.05) is 11.6 Å². The van der Waals surface area contributed by atoms with Gasteiger partial charge in [0.05, 0.1) is 0 Å². The number of hydrogen-bond donors (Lipinski definition) is 1. The molecule has 1 aromatic heterocycles. The van der Waals surface area contributed by atoms with E-state index in [4.69, 9.17) is 21.1 Å². The van der Waals surface area contributed by atoms with Crippen molar-refractivity contribution in [2.45, 2.75) is 19.3 Å². The van der Waals surface area contributed by atoms with Gasteiger partial charge in [-0.25, -0.2) is 0 Å². The van der Waals surface area contributed by atoms with Gasteiger partial charge in [0.25, 0.3) is 5.91 Å². The maximum absolute atomic E-state index is 12.5. The van der Waals surface area contributed by atoms with E-state index in [2.05, 4.69) is 0 Å². The number of piperidine rings is 1. The van der Waals surface area contributed by atoms with Gasteiger partial charge in [0, 0.05) is 29.9 Å². The number of likely N-dealkylation sites (tertiary alicyclic amines) is 1. The van der Waals surface area contributed by atoms with Crippen LogP contribution < -0.4 is 0 Å². The minimum Gasteiger partial charge on any atom is -0.481 e. The summed E-state index contributed by atoms with van der Waals surface area (Å²) in [7, 11) is 0. The first kappa shape index (κ1) is 14.9. The molecule has 0 bridgehead atoms. The molecule has 22 heavy (non-hydrogen) atoms. The molecule has 0 radical (unpaired) electrons. The molecule has 0 unspecified atom stereocenters. The van der Waals surface area contributed by atoms with Crippen LogP contribution in [0, 0.1) is 5.92 Å². The van der Waals surface area contributed by atoms with Crippen LogP contribution >= 0.6 is 11.6 Å². The van der Waals surface area contributed by atoms with E-state index < -0.39 is 5.97 Å². The first-order valence-corrected chi connectivity index (χ1v) is 7.61. The molecule has 0 spiro atoms. The number of aliphatic carboxylic acids is 1. The van der Waals surface area contributed by atoms with Gasteiger partial charge in [-0.3, -0.25) is 9.59 Å². The number of hydrogen-bond acceptors (Lipinski definition) is 3. The molecule has 1 N–H and O–H groups in total. The van der Waals surface area contributed by atoms with Gasteiger partial charge < -0.3 is 14.4 Å². The van der Waals surface area contributed by atoms with Gasteiger partial charge in [0.15, 0.2) is 5.76 Å². The second kappa shape index (κ2) is 6.01. The van der Waals surface area contributed by atoms with Crippen LogP contribution in [0.4, 0.5) is 0 Å². The topological polar surface area (TPSA) is 70.8 Å². The maximum atomic E-state index is 12.5. The second-order valence-corrected chi connectivity index (χ2v) is 6.06. The summed E-state index contributed by atoms with van der Waals surface area (Å²) in [5, 5.41) is 10.2. The molecule has 2 aromatic rings. The lowest BCUT2D eigenvalue weighted by Crippen LogP contribution is -2.38. The van der Waals surface area contributed by atoms with Gasteiger partial charge in [-0.05, 0) is 43.0 Å². The van der Waals surface area contributed by atoms with E-state index >= 15 is 0 Å². The van der Waals surface area contributed by atoms with Crippen molar-refractivity contribution in [2.24, 2.45) is 5.92 Å². The summed E-state index contributed by atoms with van der Waals surface area (Å²) < 4.78 is 5.59. The average Bonchev–Trinajstić information content (AvgIpc) is 2.89. The number of carboxylic acids is 1. The molecule has 1 aliphatic rings. The molecule has 1 saturated heterocycles. The number of furan rings is 1. The Morgan fingerprint density at radius 3 is 2.68 bits per heavy atom. The van der Waals surface area contributed by atoms with Crippen LogP contribution in [-0.4, -0.2) is 35.0 Å². The Labute approximate surface area is 132 Å². The summed E-state index contributed by atoms with van der Waals surface area (Å²) in [6, 6.07) is 6.93. The molecule has 1 aromatic carbocycles. The van der Waals surface area contributed by atoms with Crippen molar-refractivity contribution in [3.05, 3.63) is 35.0 Å². The molecule has 116 valence electrons. The number of fused-ring (bicyclic) bond motifs is 1. The fourth-order valence-electron chi connectivity index (χ4n) is 2.86. The van der Waals surface area contributed by atoms with Crippen molar-refractivity contribution >= 4 is 34.4 Å². The van der Waals surface area contributed by atoms with Gasteiger partial charge in [0.1, 0.15) is 5.58 Å². The summed E-state index contributed by atoms with van der Waals surface area (Å²) in [5.74, 6) is -0.481. The lowest BCUT2D eigenvalue weighted by atomic mass is 9.93. The Balaban J connectivity index is 1.69. The predicted octanol–water partition coefficient (Wildman–Crippen LogP) is 3.41. The monoisotopic (exact) mass is 321 g/mol. The fourth-order valence-corrected chi connectivity index (χ4v) is 3.04. The molecule has 5 nitrogen and oxygen atoms in total. The van der Waals surface area contributed by atoms with Gasteiger partial charge in [-0.15, -0.1) is 0 Å². The zero-order valence-corrected chi connectivity index (χ0v) is 12.7. The van der Waals surface area contributed by atoms with Crippen LogP contribution in [0.5, 0.6) is 0 Å². The first-order chi connectivity index (χ1) is 10.5. The van der Waals surface area contributed by atoms with E-state index in [-0.39, 0.29) is 18.2 Å². The lowest BCUT2D eigenvalue weighted by Gasteiger charge is -2.30. The number of nitrogens with zero attached hydrogens (tertiary/aromatic N) is 1. The molecule has 1 amide bonds. The zero-order valence-electron chi connectivity index (χ0n) is 11.9. The van der Waals surface area contributed by atoms with Gasteiger partial charge in [-0.2, -0.15) is 0 Å². The maximum Gasteiger partial charge on any atom is 0.303 e. The standard InChI is InChI=1S/C16H16ClNO4/c17-12-1-2-13-11(8-12)9-14(22-13)16(21)18-5-3-10(4-6-18)7-15(19)20/h1-2,8-10H,3-7H2,(H,19,20). The smallest absolute Gasteiger partial charge is 0.303 e. The molecule has 2 heterocycles. The molecule has 0 atom stereocenters. The highest BCUT2D eigenvalue weighted by Crippen LogP contribution is 2.26. The number of benzene rings is 1. The Hall–Kier alpha value is -2.01. The first-order valence-electron chi connectivity index (χ1n) is 7.23. The quantitative estimate of drug-likeness (QED) is 0.940. The second-order valence-electron chi connectivity index (χ2n) is 5.63. The van der Waals surface area contributed by atoms with Crippen LogP contribution in [0.3, 0.4) is 0 Å². The number of carboxylic acid groups (broad SMARTS) is 1. The SMILES string of the molecule is O=C(O)CC1CCN(C(=O)c2cc3cc(Cl)ccc3o2)CC1. The molecule has 1 fully saturated rings. The third kappa shape index (κ3) is 3.09. The van der Waals surface area contributed by atoms with Crippen LogP contribution in [0.25, 0.3) is 11.0 Å². The zero-order chi connectivity index (χ0) is 15.7. The molecule has 6 heteroatoms. The van der Waals surface area contributed by atoms with E-state index in [9.17, 15) is 9.59 Å². The number of halogens is 1. The fraction of sp³-hybridized carbons (Fsp3) is 0.375. The van der Waals surface area contributed by atoms with Crippen LogP contribution in [0.15, 0.2) is 28.7 Å². The number of rotatable bonds is 3. The third-order valence-corrected chi connectivity index (χ3v) is 4.29. The minimum absolute atomic E-state index is 0.149. The molecule has 1 aliphatic heterocycles. The molecule has 0 saturated carbocycles. The van der Waals surface area contributed by atoms with Crippen molar-refractivity contribution in [1.82, 2.24) is 4.90 Å². The van der Waals surface area contributed by atoms with E-state index in [0.29, 0.717) is 42.3 Å². The van der Waals surface area contributed by atoms with E-state index in [1.54, 1.807) is 29.2 Å². The van der Waals surface area contributed by atoms with Crippen molar-refractivity contribution in [1.29, 1.82) is 0 Å². The normalized spacial score (nSPS) is 16.1. The van der Waals surface area contributed by atoms with Crippen molar-refractivity contribution < 1.29 is 19.1 Å². The van der Waals surface area contributed by atoms with Gasteiger partial charge in [0.2, 0.25) is 0 Å². The Bertz CT molecular complexity index is 716. The average molecular weight is 322 g/mol. The number of amides is 1. The number of carbonyl (C=O) groups excluding carboxylic acids is 1. The molecule has 0 aliphatic carbocycles. The van der Waals surface area contributed by atoms with Crippen molar-refractivity contribution in [3.8, 4) is 0 Å². The highest BCUT2D eigenvalue weighted by Gasteiger charge is 2.26. The van der Waals surface area contributed by atoms with Gasteiger partial charge >= 0.3 is 5.97 Å². The third-order valence-electron chi connectivity index (χ3n) is 4.05. The minimum atomic E-state index is -0.779. The van der Waals surface area contributed by atoms with E-state index in [0.717, 1.165) is 5.39 Å². The van der Waals surface area contributed by atoms with Crippen molar-refractivity contribution in [2.75, 3.05) is 13.1 Å². The Kier molecular flexibility index (Phi) is 4.07.